The minimum atomic E-state index is -0.862. The number of amides is 3. The molecule has 19 heavy (non-hydrogen) atoms. The van der Waals surface area contributed by atoms with Gasteiger partial charge in [-0.3, -0.25) is 10.1 Å². The molecule has 0 saturated carbocycles. The van der Waals surface area contributed by atoms with Crippen molar-refractivity contribution in [1.29, 1.82) is 0 Å². The molecule has 1 aromatic carbocycles. The van der Waals surface area contributed by atoms with Gasteiger partial charge in [0.1, 0.15) is 5.01 Å². The Balaban J connectivity index is 2.09. The van der Waals surface area contributed by atoms with Crippen molar-refractivity contribution in [3.8, 4) is 10.6 Å². The maximum atomic E-state index is 11.3. The monoisotopic (exact) mass is 276 g/mol. The van der Waals surface area contributed by atoms with E-state index in [4.69, 9.17) is 11.5 Å². The third-order valence-corrected chi connectivity index (χ3v) is 3.25. The number of nitrogens with two attached hydrogens (primary N) is 2. The molecule has 2 aromatic rings. The largest absolute Gasteiger partial charge is 0.399 e. The lowest BCUT2D eigenvalue weighted by Gasteiger charge is -1.98. The molecule has 0 aliphatic carbocycles. The van der Waals surface area contributed by atoms with Crippen LogP contribution in [0.15, 0.2) is 29.6 Å². The SMILES string of the molecule is NC(=O)NC(=O)Cc1csc(-c2ccc(N)cc2)n1. The van der Waals surface area contributed by atoms with E-state index in [0.717, 1.165) is 10.6 Å². The minimum absolute atomic E-state index is 0.0222. The van der Waals surface area contributed by atoms with Gasteiger partial charge in [0.25, 0.3) is 0 Å². The van der Waals surface area contributed by atoms with Gasteiger partial charge in [-0.05, 0) is 24.3 Å². The van der Waals surface area contributed by atoms with Crippen LogP contribution in [-0.2, 0) is 11.2 Å². The standard InChI is InChI=1S/C12H12N4O2S/c13-8-3-1-7(2-4-8)11-15-9(6-19-11)5-10(17)16-12(14)18/h1-4,6H,5,13H2,(H3,14,16,17,18). The van der Waals surface area contributed by atoms with Crippen molar-refractivity contribution >= 4 is 29.0 Å². The second-order valence-corrected chi connectivity index (χ2v) is 4.71. The molecule has 98 valence electrons. The van der Waals surface area contributed by atoms with Gasteiger partial charge < -0.3 is 11.5 Å². The molecule has 3 amide bonds. The number of anilines is 1. The number of hydrogen-bond acceptors (Lipinski definition) is 5. The number of carbonyl (C=O) groups excluding carboxylic acids is 2. The van der Waals surface area contributed by atoms with Gasteiger partial charge in [-0.25, -0.2) is 9.78 Å². The van der Waals surface area contributed by atoms with E-state index in [2.05, 4.69) is 4.98 Å². The Bertz CT molecular complexity index is 606. The number of nitrogens with zero attached hydrogens (tertiary/aromatic N) is 1. The summed E-state index contributed by atoms with van der Waals surface area (Å²) in [5, 5.41) is 4.56. The molecule has 5 N–H and O–H groups in total. The van der Waals surface area contributed by atoms with Crippen LogP contribution in [0.3, 0.4) is 0 Å². The smallest absolute Gasteiger partial charge is 0.318 e. The zero-order valence-electron chi connectivity index (χ0n) is 9.92. The molecule has 1 heterocycles. The number of nitrogens with one attached hydrogen (secondary N) is 1. The molecule has 0 aliphatic heterocycles. The quantitative estimate of drug-likeness (QED) is 0.729. The number of urea groups is 1. The van der Waals surface area contributed by atoms with Crippen LogP contribution in [0.25, 0.3) is 10.6 Å². The third kappa shape index (κ3) is 3.52. The van der Waals surface area contributed by atoms with E-state index in [1.165, 1.54) is 11.3 Å². The molecule has 2 rings (SSSR count). The molecule has 0 radical (unpaired) electrons. The van der Waals surface area contributed by atoms with Crippen molar-refractivity contribution in [1.82, 2.24) is 10.3 Å². The van der Waals surface area contributed by atoms with Gasteiger partial charge in [0.2, 0.25) is 5.91 Å². The van der Waals surface area contributed by atoms with E-state index < -0.39 is 11.9 Å². The number of aromatic nitrogens is 1. The fraction of sp³-hybridized carbons (Fsp3) is 0.0833. The van der Waals surface area contributed by atoms with Gasteiger partial charge in [-0.15, -0.1) is 11.3 Å². The molecule has 7 heteroatoms. The van der Waals surface area contributed by atoms with Crippen LogP contribution in [-0.4, -0.2) is 16.9 Å². The first-order chi connectivity index (χ1) is 9.04. The van der Waals surface area contributed by atoms with Crippen LogP contribution in [0.4, 0.5) is 10.5 Å². The van der Waals surface area contributed by atoms with Gasteiger partial charge in [-0.2, -0.15) is 0 Å². The highest BCUT2D eigenvalue weighted by Gasteiger charge is 2.10. The summed E-state index contributed by atoms with van der Waals surface area (Å²) in [5.41, 5.74) is 12.7. The van der Waals surface area contributed by atoms with Crippen LogP contribution in [0.5, 0.6) is 0 Å². The summed E-state index contributed by atoms with van der Waals surface area (Å²) in [6.45, 7) is 0. The van der Waals surface area contributed by atoms with Gasteiger partial charge in [0.15, 0.2) is 0 Å². The second-order valence-electron chi connectivity index (χ2n) is 3.86. The summed E-state index contributed by atoms with van der Waals surface area (Å²) in [7, 11) is 0. The zero-order chi connectivity index (χ0) is 13.8. The van der Waals surface area contributed by atoms with Gasteiger partial charge in [-0.1, -0.05) is 0 Å². The number of benzene rings is 1. The van der Waals surface area contributed by atoms with Crippen molar-refractivity contribution < 1.29 is 9.59 Å². The molecule has 0 atom stereocenters. The Morgan fingerprint density at radius 1 is 1.26 bits per heavy atom. The Hall–Kier alpha value is -2.41. The van der Waals surface area contributed by atoms with E-state index in [-0.39, 0.29) is 6.42 Å². The van der Waals surface area contributed by atoms with Crippen LogP contribution in [0.1, 0.15) is 5.69 Å². The number of nitrogen functional groups attached to an aromatic ring is 1. The molecule has 0 unspecified atom stereocenters. The summed E-state index contributed by atoms with van der Waals surface area (Å²) in [6.07, 6.45) is 0.0222. The maximum absolute atomic E-state index is 11.3. The molecule has 0 bridgehead atoms. The summed E-state index contributed by atoms with van der Waals surface area (Å²) in [5.74, 6) is -0.471. The van der Waals surface area contributed by atoms with Crippen molar-refractivity contribution in [3.05, 3.63) is 35.3 Å². The number of rotatable bonds is 3. The molecule has 6 nitrogen and oxygen atoms in total. The summed E-state index contributed by atoms with van der Waals surface area (Å²) >= 11 is 1.42. The Labute approximate surface area is 113 Å². The first kappa shape index (κ1) is 13.0. The Kier molecular flexibility index (Phi) is 3.76. The van der Waals surface area contributed by atoms with Crippen molar-refractivity contribution in [2.75, 3.05) is 5.73 Å². The predicted octanol–water partition coefficient (Wildman–Crippen LogP) is 1.13. The Morgan fingerprint density at radius 2 is 1.95 bits per heavy atom. The lowest BCUT2D eigenvalue weighted by atomic mass is 10.2. The average molecular weight is 276 g/mol. The molecular formula is C12H12N4O2S. The van der Waals surface area contributed by atoms with E-state index >= 15 is 0 Å². The molecule has 0 aliphatic rings. The van der Waals surface area contributed by atoms with E-state index in [1.54, 1.807) is 17.5 Å². The third-order valence-electron chi connectivity index (χ3n) is 2.31. The van der Waals surface area contributed by atoms with Crippen LogP contribution in [0, 0.1) is 0 Å². The molecule has 0 saturated heterocycles. The predicted molar refractivity (Wildman–Crippen MR) is 73.4 cm³/mol. The molecule has 0 fully saturated rings. The normalized spacial score (nSPS) is 10.1. The first-order valence-corrected chi connectivity index (χ1v) is 6.32. The van der Waals surface area contributed by atoms with Crippen molar-refractivity contribution in [2.45, 2.75) is 6.42 Å². The van der Waals surface area contributed by atoms with Crippen molar-refractivity contribution in [2.24, 2.45) is 5.73 Å². The maximum Gasteiger partial charge on any atom is 0.318 e. The summed E-state index contributed by atoms with van der Waals surface area (Å²) in [6, 6.07) is 6.44. The Morgan fingerprint density at radius 3 is 2.58 bits per heavy atom. The summed E-state index contributed by atoms with van der Waals surface area (Å²) < 4.78 is 0. The van der Waals surface area contributed by atoms with Crippen LogP contribution < -0.4 is 16.8 Å². The second kappa shape index (κ2) is 5.49. The van der Waals surface area contributed by atoms with Crippen LogP contribution in [0.2, 0.25) is 0 Å². The highest BCUT2D eigenvalue weighted by atomic mass is 32.1. The molecule has 0 spiro atoms. The molecule has 1 aromatic heterocycles. The van der Waals surface area contributed by atoms with Crippen molar-refractivity contribution in [3.63, 3.8) is 0 Å². The van der Waals surface area contributed by atoms with Gasteiger partial charge >= 0.3 is 6.03 Å². The fourth-order valence-electron chi connectivity index (χ4n) is 1.49. The number of primary amides is 1. The lowest BCUT2D eigenvalue weighted by molar-refractivity contribution is -0.119. The topological polar surface area (TPSA) is 111 Å². The van der Waals surface area contributed by atoms with Crippen LogP contribution >= 0.6 is 11.3 Å². The highest BCUT2D eigenvalue weighted by molar-refractivity contribution is 7.13. The highest BCUT2D eigenvalue weighted by Crippen LogP contribution is 2.24. The number of imide groups is 1. The first-order valence-electron chi connectivity index (χ1n) is 5.44. The number of hydrogen-bond donors (Lipinski definition) is 3. The summed E-state index contributed by atoms with van der Waals surface area (Å²) in [4.78, 5) is 26.2. The zero-order valence-corrected chi connectivity index (χ0v) is 10.7. The number of thiazole rings is 1. The van der Waals surface area contributed by atoms with E-state index in [0.29, 0.717) is 11.4 Å². The lowest BCUT2D eigenvalue weighted by Crippen LogP contribution is -2.35. The fourth-order valence-corrected chi connectivity index (χ4v) is 2.32. The van der Waals surface area contributed by atoms with E-state index in [9.17, 15) is 9.59 Å². The minimum Gasteiger partial charge on any atom is -0.399 e. The van der Waals surface area contributed by atoms with Gasteiger partial charge in [0.05, 0.1) is 12.1 Å². The van der Waals surface area contributed by atoms with E-state index in [1.807, 2.05) is 17.4 Å². The average Bonchev–Trinajstić information content (AvgIpc) is 2.77. The van der Waals surface area contributed by atoms with Gasteiger partial charge in [0, 0.05) is 16.6 Å². The molecular weight excluding hydrogens is 264 g/mol. The number of carbonyl (C=O) groups is 2.